The maximum Gasteiger partial charge on any atom is 0.142 e. The van der Waals surface area contributed by atoms with Gasteiger partial charge in [0, 0.05) is 36.2 Å². The van der Waals surface area contributed by atoms with Gasteiger partial charge in [-0.1, -0.05) is 6.07 Å². The predicted molar refractivity (Wildman–Crippen MR) is 97.0 cm³/mol. The molecule has 2 unspecified atom stereocenters. The van der Waals surface area contributed by atoms with E-state index in [-0.39, 0.29) is 12.4 Å². The summed E-state index contributed by atoms with van der Waals surface area (Å²) in [6.45, 7) is 0.938. The summed E-state index contributed by atoms with van der Waals surface area (Å²) in [5.41, 5.74) is 2.14. The van der Waals surface area contributed by atoms with Gasteiger partial charge in [-0.05, 0) is 44.9 Å². The fraction of sp³-hybridized carbons (Fsp3) is 0.529. The Morgan fingerprint density at radius 3 is 2.74 bits per heavy atom. The van der Waals surface area contributed by atoms with Crippen molar-refractivity contribution in [1.29, 1.82) is 0 Å². The molecule has 2 atom stereocenters. The van der Waals surface area contributed by atoms with E-state index in [1.165, 1.54) is 31.4 Å². The van der Waals surface area contributed by atoms with Crippen molar-refractivity contribution in [2.45, 2.75) is 50.4 Å². The molecule has 124 valence electrons. The van der Waals surface area contributed by atoms with Gasteiger partial charge in [0.15, 0.2) is 0 Å². The maximum absolute atomic E-state index is 4.77. The van der Waals surface area contributed by atoms with Crippen molar-refractivity contribution in [3.05, 3.63) is 35.5 Å². The molecule has 4 heterocycles. The molecule has 2 fully saturated rings. The van der Waals surface area contributed by atoms with E-state index in [1.54, 1.807) is 11.3 Å². The van der Waals surface area contributed by atoms with Gasteiger partial charge in [-0.25, -0.2) is 4.98 Å². The van der Waals surface area contributed by atoms with Crippen LogP contribution in [0.4, 0.5) is 0 Å². The van der Waals surface area contributed by atoms with E-state index in [1.807, 2.05) is 24.4 Å². The lowest BCUT2D eigenvalue weighted by molar-refractivity contribution is 0.164. The second kappa shape index (κ2) is 7.26. The van der Waals surface area contributed by atoms with Crippen LogP contribution in [0.1, 0.15) is 31.4 Å². The minimum absolute atomic E-state index is 0. The number of piperidine rings is 1. The Morgan fingerprint density at radius 1 is 1.26 bits per heavy atom. The molecule has 0 aliphatic carbocycles. The van der Waals surface area contributed by atoms with Crippen LogP contribution in [0.5, 0.6) is 0 Å². The number of hydrogen-bond acceptors (Lipinski definition) is 5. The summed E-state index contributed by atoms with van der Waals surface area (Å²) in [6.07, 6.45) is 7.10. The molecule has 0 amide bonds. The number of nitrogens with zero attached hydrogens (tertiary/aromatic N) is 3. The molecule has 6 heteroatoms. The lowest BCUT2D eigenvalue weighted by Crippen LogP contribution is -2.46. The SMILES string of the molecule is CN(Cc1csc(-c2ccccn2)n1)C1CC2CCC(C1)N2.Cl. The van der Waals surface area contributed by atoms with Crippen molar-refractivity contribution in [3.8, 4) is 10.7 Å². The molecule has 23 heavy (non-hydrogen) atoms. The minimum Gasteiger partial charge on any atom is -0.311 e. The standard InChI is InChI=1S/C17H22N4S.ClH/c1-21(15-8-12-5-6-13(9-15)19-12)10-14-11-22-17(20-14)16-4-2-3-7-18-16;/h2-4,7,11-13,15,19H,5-6,8-10H2,1H3;1H. The summed E-state index contributed by atoms with van der Waals surface area (Å²) >= 11 is 1.69. The highest BCUT2D eigenvalue weighted by molar-refractivity contribution is 7.13. The van der Waals surface area contributed by atoms with Crippen molar-refractivity contribution >= 4 is 23.7 Å². The third-order valence-electron chi connectivity index (χ3n) is 4.92. The molecule has 0 saturated carbocycles. The normalized spacial score (nSPS) is 26.3. The van der Waals surface area contributed by atoms with Gasteiger partial charge < -0.3 is 5.32 Å². The van der Waals surface area contributed by atoms with Crippen LogP contribution in [-0.2, 0) is 6.54 Å². The summed E-state index contributed by atoms with van der Waals surface area (Å²) in [5.74, 6) is 0. The lowest BCUT2D eigenvalue weighted by Gasteiger charge is -2.35. The number of aromatic nitrogens is 2. The number of fused-ring (bicyclic) bond motifs is 2. The third kappa shape index (κ3) is 3.74. The van der Waals surface area contributed by atoms with Gasteiger partial charge in [0.1, 0.15) is 5.01 Å². The summed E-state index contributed by atoms with van der Waals surface area (Å²) < 4.78 is 0. The first-order valence-electron chi connectivity index (χ1n) is 8.10. The molecule has 2 aromatic rings. The summed E-state index contributed by atoms with van der Waals surface area (Å²) in [5, 5.41) is 6.92. The third-order valence-corrected chi connectivity index (χ3v) is 5.83. The number of rotatable bonds is 4. The van der Waals surface area contributed by atoms with Gasteiger partial charge in [0.25, 0.3) is 0 Å². The zero-order valence-electron chi connectivity index (χ0n) is 13.3. The van der Waals surface area contributed by atoms with Crippen molar-refractivity contribution in [3.63, 3.8) is 0 Å². The number of halogens is 1. The molecular formula is C17H23ClN4S. The first-order chi connectivity index (χ1) is 10.8. The highest BCUT2D eigenvalue weighted by atomic mass is 35.5. The van der Waals surface area contributed by atoms with Crippen molar-refractivity contribution in [1.82, 2.24) is 20.2 Å². The van der Waals surface area contributed by atoms with Gasteiger partial charge in [0.2, 0.25) is 0 Å². The van der Waals surface area contributed by atoms with Gasteiger partial charge in [-0.15, -0.1) is 23.7 Å². The van der Waals surface area contributed by atoms with Crippen LogP contribution in [0.25, 0.3) is 10.7 Å². The Balaban J connectivity index is 0.00000156. The van der Waals surface area contributed by atoms with Crippen molar-refractivity contribution in [2.75, 3.05) is 7.05 Å². The van der Waals surface area contributed by atoms with E-state index in [2.05, 4.69) is 27.6 Å². The summed E-state index contributed by atoms with van der Waals surface area (Å²) in [4.78, 5) is 11.6. The van der Waals surface area contributed by atoms with E-state index in [0.717, 1.165) is 29.3 Å². The largest absolute Gasteiger partial charge is 0.311 e. The molecule has 0 aromatic carbocycles. The lowest BCUT2D eigenvalue weighted by atomic mass is 9.98. The molecule has 0 spiro atoms. The Labute approximate surface area is 147 Å². The molecular weight excluding hydrogens is 328 g/mol. The van der Waals surface area contributed by atoms with Crippen LogP contribution < -0.4 is 5.32 Å². The van der Waals surface area contributed by atoms with E-state index < -0.39 is 0 Å². The number of thiazole rings is 1. The number of hydrogen-bond donors (Lipinski definition) is 1. The molecule has 2 aromatic heterocycles. The van der Waals surface area contributed by atoms with E-state index in [9.17, 15) is 0 Å². The number of pyridine rings is 1. The van der Waals surface area contributed by atoms with Gasteiger partial charge >= 0.3 is 0 Å². The Morgan fingerprint density at radius 2 is 2.04 bits per heavy atom. The Bertz CT molecular complexity index is 621. The molecule has 0 radical (unpaired) electrons. The fourth-order valence-corrected chi connectivity index (χ4v) is 4.54. The van der Waals surface area contributed by atoms with Crippen LogP contribution in [-0.4, -0.2) is 40.0 Å². The number of nitrogens with one attached hydrogen (secondary N) is 1. The molecule has 2 aliphatic rings. The smallest absolute Gasteiger partial charge is 0.142 e. The first kappa shape index (κ1) is 16.8. The second-order valence-corrected chi connectivity index (χ2v) is 7.40. The topological polar surface area (TPSA) is 41.1 Å². The molecule has 2 saturated heterocycles. The fourth-order valence-electron chi connectivity index (χ4n) is 3.76. The first-order valence-corrected chi connectivity index (χ1v) is 8.98. The van der Waals surface area contributed by atoms with Gasteiger partial charge in [-0.3, -0.25) is 9.88 Å². The molecule has 1 N–H and O–H groups in total. The summed E-state index contributed by atoms with van der Waals surface area (Å²) in [6, 6.07) is 8.16. The highest BCUT2D eigenvalue weighted by Crippen LogP contribution is 2.30. The van der Waals surface area contributed by atoms with Crippen LogP contribution in [0.15, 0.2) is 29.8 Å². The molecule has 4 rings (SSSR count). The molecule has 2 bridgehead atoms. The van der Waals surface area contributed by atoms with E-state index in [4.69, 9.17) is 4.98 Å². The maximum atomic E-state index is 4.77. The average molecular weight is 351 g/mol. The van der Waals surface area contributed by atoms with Crippen molar-refractivity contribution in [2.24, 2.45) is 0 Å². The zero-order valence-corrected chi connectivity index (χ0v) is 14.9. The quantitative estimate of drug-likeness (QED) is 0.918. The van der Waals surface area contributed by atoms with Gasteiger partial charge in [0.05, 0.1) is 11.4 Å². The Kier molecular flexibility index (Phi) is 5.31. The van der Waals surface area contributed by atoms with Crippen LogP contribution >= 0.6 is 23.7 Å². The van der Waals surface area contributed by atoms with Crippen molar-refractivity contribution < 1.29 is 0 Å². The predicted octanol–water partition coefficient (Wildman–Crippen LogP) is 3.34. The molecule has 4 nitrogen and oxygen atoms in total. The summed E-state index contributed by atoms with van der Waals surface area (Å²) in [7, 11) is 2.25. The minimum atomic E-state index is 0. The Hall–Kier alpha value is -1.01. The van der Waals surface area contributed by atoms with Crippen LogP contribution in [0.2, 0.25) is 0 Å². The molecule has 2 aliphatic heterocycles. The van der Waals surface area contributed by atoms with E-state index >= 15 is 0 Å². The average Bonchev–Trinajstić information content (AvgIpc) is 3.14. The second-order valence-electron chi connectivity index (χ2n) is 6.54. The monoisotopic (exact) mass is 350 g/mol. The van der Waals surface area contributed by atoms with Gasteiger partial charge in [-0.2, -0.15) is 0 Å². The highest BCUT2D eigenvalue weighted by Gasteiger charge is 2.35. The van der Waals surface area contributed by atoms with E-state index in [0.29, 0.717) is 6.04 Å². The van der Waals surface area contributed by atoms with Crippen LogP contribution in [0, 0.1) is 0 Å². The van der Waals surface area contributed by atoms with Crippen LogP contribution in [0.3, 0.4) is 0 Å². The zero-order chi connectivity index (χ0) is 14.9.